The number of hydrazine groups is 1. The van der Waals surface area contributed by atoms with E-state index >= 15 is 0 Å². The monoisotopic (exact) mass is 407 g/mol. The highest BCUT2D eigenvalue weighted by atomic mass is 16.6. The van der Waals surface area contributed by atoms with Crippen molar-refractivity contribution in [1.82, 2.24) is 15.8 Å². The minimum atomic E-state index is -0.844. The molecule has 2 amide bonds. The summed E-state index contributed by atoms with van der Waals surface area (Å²) in [7, 11) is 0. The summed E-state index contributed by atoms with van der Waals surface area (Å²) < 4.78 is 16.8. The fourth-order valence-corrected chi connectivity index (χ4v) is 2.92. The zero-order chi connectivity index (χ0) is 20.9. The van der Waals surface area contributed by atoms with E-state index in [-0.39, 0.29) is 18.9 Å². The van der Waals surface area contributed by atoms with E-state index in [0.29, 0.717) is 29.6 Å². The van der Waals surface area contributed by atoms with Gasteiger partial charge in [0.1, 0.15) is 6.61 Å². The first-order valence-electron chi connectivity index (χ1n) is 9.57. The molecule has 1 aromatic heterocycles. The summed E-state index contributed by atoms with van der Waals surface area (Å²) in [5.74, 6) is 1.32. The van der Waals surface area contributed by atoms with Gasteiger partial charge >= 0.3 is 0 Å². The maximum Gasteiger partial charge on any atom is 0.283 e. The average Bonchev–Trinajstić information content (AvgIpc) is 3.25. The molecule has 2 aromatic carbocycles. The second kappa shape index (κ2) is 8.69. The van der Waals surface area contributed by atoms with Crippen LogP contribution in [0.1, 0.15) is 17.9 Å². The van der Waals surface area contributed by atoms with Crippen LogP contribution in [0, 0.1) is 6.92 Å². The van der Waals surface area contributed by atoms with E-state index < -0.39 is 12.0 Å². The van der Waals surface area contributed by atoms with Crippen LogP contribution >= 0.6 is 0 Å². The third-order valence-corrected chi connectivity index (χ3v) is 4.58. The lowest BCUT2D eigenvalue weighted by Gasteiger charge is -2.25. The molecule has 0 spiro atoms. The van der Waals surface area contributed by atoms with Gasteiger partial charge in [0.2, 0.25) is 12.0 Å². The number of fused-ring (bicyclic) bond motifs is 1. The number of carbonyl (C=O) groups is 2. The molecule has 8 nitrogen and oxygen atoms in total. The van der Waals surface area contributed by atoms with Gasteiger partial charge in [-0.1, -0.05) is 42.0 Å². The van der Waals surface area contributed by atoms with E-state index in [1.807, 2.05) is 37.3 Å². The fourth-order valence-electron chi connectivity index (χ4n) is 2.92. The van der Waals surface area contributed by atoms with Gasteiger partial charge in [-0.2, -0.15) is 0 Å². The molecule has 4 rings (SSSR count). The molecule has 30 heavy (non-hydrogen) atoms. The molecule has 1 atom stereocenters. The Balaban J connectivity index is 1.23. The fraction of sp³-hybridized carbons (Fsp3) is 0.227. The summed E-state index contributed by atoms with van der Waals surface area (Å²) in [5, 5.41) is 0. The van der Waals surface area contributed by atoms with Crippen molar-refractivity contribution in [2.75, 3.05) is 6.61 Å². The number of benzene rings is 2. The molecule has 0 aliphatic carbocycles. The molecular formula is C22H21N3O5. The number of ether oxygens (including phenoxy) is 2. The molecule has 0 saturated carbocycles. The summed E-state index contributed by atoms with van der Waals surface area (Å²) in [6.07, 6.45) is 1.21. The van der Waals surface area contributed by atoms with Crippen LogP contribution < -0.4 is 20.3 Å². The molecule has 2 N–H and O–H groups in total. The predicted molar refractivity (Wildman–Crippen MR) is 108 cm³/mol. The molecule has 0 radical (unpaired) electrons. The zero-order valence-corrected chi connectivity index (χ0v) is 16.4. The Kier molecular flexibility index (Phi) is 5.65. The Labute approximate surface area is 173 Å². The van der Waals surface area contributed by atoms with Gasteiger partial charge in [-0.15, -0.1) is 0 Å². The van der Waals surface area contributed by atoms with E-state index in [2.05, 4.69) is 15.8 Å². The van der Waals surface area contributed by atoms with Crippen molar-refractivity contribution in [3.63, 3.8) is 0 Å². The molecule has 1 aliphatic heterocycles. The number of oxazole rings is 1. The van der Waals surface area contributed by atoms with Crippen molar-refractivity contribution >= 4 is 11.8 Å². The lowest BCUT2D eigenvalue weighted by atomic mass is 10.1. The number of aryl methyl sites for hydroxylation is 2. The molecule has 1 aliphatic rings. The third-order valence-electron chi connectivity index (χ3n) is 4.58. The molecule has 1 unspecified atom stereocenters. The number of amides is 2. The standard InChI is InChI=1S/C22H21N3O5/c1-14-6-8-15(9-7-14)18-12-23-21(30-18)11-10-20(26)24-25-22(27)19-13-28-16-4-2-3-5-17(16)29-19/h2-9,12,19H,10-11,13H2,1H3,(H,24,26)(H,25,27). The van der Waals surface area contributed by atoms with Crippen LogP contribution in [0.25, 0.3) is 11.3 Å². The van der Waals surface area contributed by atoms with Gasteiger partial charge in [0.25, 0.3) is 5.91 Å². The maximum absolute atomic E-state index is 12.2. The SMILES string of the molecule is Cc1ccc(-c2cnc(CCC(=O)NNC(=O)C3COc4ccccc4O3)o2)cc1. The van der Waals surface area contributed by atoms with E-state index in [4.69, 9.17) is 13.9 Å². The summed E-state index contributed by atoms with van der Waals surface area (Å²) in [4.78, 5) is 28.5. The van der Waals surface area contributed by atoms with Crippen LogP contribution in [-0.2, 0) is 16.0 Å². The lowest BCUT2D eigenvalue weighted by molar-refractivity contribution is -0.135. The first-order valence-corrected chi connectivity index (χ1v) is 9.57. The van der Waals surface area contributed by atoms with Gasteiger partial charge in [-0.05, 0) is 19.1 Å². The number of nitrogens with one attached hydrogen (secondary N) is 2. The normalized spacial score (nSPS) is 14.8. The van der Waals surface area contributed by atoms with Gasteiger partial charge in [-0.3, -0.25) is 20.4 Å². The molecule has 2 heterocycles. The van der Waals surface area contributed by atoms with Crippen LogP contribution in [0.3, 0.4) is 0 Å². The Morgan fingerprint density at radius 1 is 1.07 bits per heavy atom. The van der Waals surface area contributed by atoms with E-state index in [1.54, 1.807) is 24.4 Å². The predicted octanol–water partition coefficient (Wildman–Crippen LogP) is 2.57. The number of nitrogens with zero attached hydrogens (tertiary/aromatic N) is 1. The lowest BCUT2D eigenvalue weighted by Crippen LogP contribution is -2.50. The average molecular weight is 407 g/mol. The van der Waals surface area contributed by atoms with Gasteiger partial charge < -0.3 is 13.9 Å². The van der Waals surface area contributed by atoms with Gasteiger partial charge in [0, 0.05) is 18.4 Å². The number of para-hydroxylation sites is 2. The molecule has 154 valence electrons. The van der Waals surface area contributed by atoms with Crippen molar-refractivity contribution in [2.24, 2.45) is 0 Å². The quantitative estimate of drug-likeness (QED) is 0.630. The number of hydrogen-bond acceptors (Lipinski definition) is 6. The summed E-state index contributed by atoms with van der Waals surface area (Å²) >= 11 is 0. The largest absolute Gasteiger partial charge is 0.485 e. The van der Waals surface area contributed by atoms with Gasteiger partial charge in [-0.25, -0.2) is 4.98 Å². The van der Waals surface area contributed by atoms with Gasteiger partial charge in [0.15, 0.2) is 23.1 Å². The number of aromatic nitrogens is 1. The summed E-state index contributed by atoms with van der Waals surface area (Å²) in [6.45, 7) is 2.08. The molecule has 0 saturated heterocycles. The molecule has 0 bridgehead atoms. The van der Waals surface area contributed by atoms with E-state index in [9.17, 15) is 9.59 Å². The third kappa shape index (κ3) is 4.60. The number of hydrogen-bond donors (Lipinski definition) is 2. The maximum atomic E-state index is 12.2. The highest BCUT2D eigenvalue weighted by Gasteiger charge is 2.27. The number of carbonyl (C=O) groups excluding carboxylic acids is 2. The van der Waals surface area contributed by atoms with Crippen molar-refractivity contribution in [2.45, 2.75) is 25.9 Å². The Bertz CT molecular complexity index is 1040. The van der Waals surface area contributed by atoms with E-state index in [0.717, 1.165) is 11.1 Å². The highest BCUT2D eigenvalue weighted by molar-refractivity contribution is 5.85. The smallest absolute Gasteiger partial charge is 0.283 e. The molecule has 3 aromatic rings. The Morgan fingerprint density at radius 2 is 1.83 bits per heavy atom. The second-order valence-electron chi connectivity index (χ2n) is 6.89. The van der Waals surface area contributed by atoms with Gasteiger partial charge in [0.05, 0.1) is 6.20 Å². The number of rotatable bonds is 5. The summed E-state index contributed by atoms with van der Waals surface area (Å²) in [6, 6.07) is 15.0. The minimum absolute atomic E-state index is 0.0663. The van der Waals surface area contributed by atoms with Crippen molar-refractivity contribution in [3.8, 4) is 22.8 Å². The van der Waals surface area contributed by atoms with Crippen molar-refractivity contribution < 1.29 is 23.5 Å². The molecular weight excluding hydrogens is 386 g/mol. The Morgan fingerprint density at radius 3 is 2.63 bits per heavy atom. The van der Waals surface area contributed by atoms with Crippen LogP contribution in [0.15, 0.2) is 59.1 Å². The van der Waals surface area contributed by atoms with Crippen LogP contribution in [0.2, 0.25) is 0 Å². The molecule has 8 heteroatoms. The van der Waals surface area contributed by atoms with Crippen LogP contribution in [0.5, 0.6) is 11.5 Å². The molecule has 0 fully saturated rings. The summed E-state index contributed by atoms with van der Waals surface area (Å²) in [5.41, 5.74) is 6.82. The van der Waals surface area contributed by atoms with Crippen LogP contribution in [0.4, 0.5) is 0 Å². The Hall–Kier alpha value is -3.81. The zero-order valence-electron chi connectivity index (χ0n) is 16.4. The van der Waals surface area contributed by atoms with Crippen molar-refractivity contribution in [3.05, 3.63) is 66.2 Å². The van der Waals surface area contributed by atoms with E-state index in [1.165, 1.54) is 0 Å². The first kappa shape index (κ1) is 19.5. The van der Waals surface area contributed by atoms with Crippen molar-refractivity contribution in [1.29, 1.82) is 0 Å². The topological polar surface area (TPSA) is 103 Å². The van der Waals surface area contributed by atoms with Crippen LogP contribution in [-0.4, -0.2) is 29.5 Å². The first-order chi connectivity index (χ1) is 14.6. The second-order valence-corrected chi connectivity index (χ2v) is 6.89. The minimum Gasteiger partial charge on any atom is -0.485 e. The highest BCUT2D eigenvalue weighted by Crippen LogP contribution is 2.30.